The summed E-state index contributed by atoms with van der Waals surface area (Å²) in [7, 11) is 0. The molecule has 4 rings (SSSR count). The molecule has 2 aromatic rings. The summed E-state index contributed by atoms with van der Waals surface area (Å²) in [6.45, 7) is 6.83. The molecule has 23 heavy (non-hydrogen) atoms. The molecule has 1 N–H and O–H groups in total. The van der Waals surface area contributed by atoms with Crippen LogP contribution in [0.25, 0.3) is 10.2 Å². The zero-order chi connectivity index (χ0) is 16.1. The number of hydrogen-bond donors (Lipinski definition) is 1. The van der Waals surface area contributed by atoms with Gasteiger partial charge in [-0.3, -0.25) is 4.79 Å². The van der Waals surface area contributed by atoms with Crippen LogP contribution in [-0.4, -0.2) is 39.4 Å². The van der Waals surface area contributed by atoms with Crippen LogP contribution >= 0.6 is 11.3 Å². The molecule has 122 valence electrons. The first-order chi connectivity index (χ1) is 11.0. The number of thiophene rings is 1. The number of carbonyl (C=O) groups is 1. The third kappa shape index (κ3) is 2.49. The van der Waals surface area contributed by atoms with Crippen LogP contribution in [0.2, 0.25) is 0 Å². The summed E-state index contributed by atoms with van der Waals surface area (Å²) in [5.41, 5.74) is 1.43. The van der Waals surface area contributed by atoms with Crippen LogP contribution in [0.5, 0.6) is 0 Å². The minimum absolute atomic E-state index is 0.138. The SMILES string of the molecule is Cc1nc(N[C@H]2CC(=O)N(C(C)C)C2)c2c3c(sc2n1)CCC3. The Hall–Kier alpha value is -1.69. The second kappa shape index (κ2) is 5.44. The molecule has 1 amide bonds. The predicted molar refractivity (Wildman–Crippen MR) is 93.1 cm³/mol. The minimum Gasteiger partial charge on any atom is -0.364 e. The summed E-state index contributed by atoms with van der Waals surface area (Å²) in [5.74, 6) is 1.95. The first-order valence-corrected chi connectivity index (χ1v) is 9.19. The highest BCUT2D eigenvalue weighted by Gasteiger charge is 2.32. The molecule has 6 heteroatoms. The molecule has 0 radical (unpaired) electrons. The van der Waals surface area contributed by atoms with Gasteiger partial charge in [0.1, 0.15) is 16.5 Å². The van der Waals surface area contributed by atoms with Gasteiger partial charge in [-0.15, -0.1) is 11.3 Å². The summed E-state index contributed by atoms with van der Waals surface area (Å²) in [5, 5.41) is 4.75. The number of rotatable bonds is 3. The highest BCUT2D eigenvalue weighted by molar-refractivity contribution is 7.19. The normalized spacial score (nSPS) is 20.8. The first kappa shape index (κ1) is 14.9. The van der Waals surface area contributed by atoms with Crippen molar-refractivity contribution < 1.29 is 4.79 Å². The summed E-state index contributed by atoms with van der Waals surface area (Å²) >= 11 is 1.81. The van der Waals surface area contributed by atoms with Crippen molar-refractivity contribution >= 4 is 33.3 Å². The van der Waals surface area contributed by atoms with E-state index in [2.05, 4.69) is 29.1 Å². The van der Waals surface area contributed by atoms with Crippen molar-refractivity contribution in [2.24, 2.45) is 0 Å². The van der Waals surface area contributed by atoms with Crippen molar-refractivity contribution in [3.8, 4) is 0 Å². The summed E-state index contributed by atoms with van der Waals surface area (Å²) in [4.78, 5) is 25.9. The lowest BCUT2D eigenvalue weighted by Gasteiger charge is -2.21. The number of likely N-dealkylation sites (tertiary alicyclic amines) is 1. The Morgan fingerprint density at radius 3 is 2.87 bits per heavy atom. The third-order valence-corrected chi connectivity index (χ3v) is 5.98. The van der Waals surface area contributed by atoms with Crippen molar-refractivity contribution in [1.82, 2.24) is 14.9 Å². The third-order valence-electron chi connectivity index (χ3n) is 4.80. The van der Waals surface area contributed by atoms with E-state index in [0.29, 0.717) is 6.42 Å². The van der Waals surface area contributed by atoms with E-state index in [9.17, 15) is 4.79 Å². The maximum absolute atomic E-state index is 12.1. The molecule has 1 saturated heterocycles. The molecule has 1 aliphatic carbocycles. The fourth-order valence-corrected chi connectivity index (χ4v) is 5.03. The second-order valence-corrected chi connectivity index (χ2v) is 7.93. The van der Waals surface area contributed by atoms with Crippen molar-refractivity contribution in [3.05, 3.63) is 16.3 Å². The number of aromatic nitrogens is 2. The fraction of sp³-hybridized carbons (Fsp3) is 0.588. The molecule has 0 spiro atoms. The molecule has 1 atom stereocenters. The Balaban J connectivity index is 1.68. The number of anilines is 1. The monoisotopic (exact) mass is 330 g/mol. The maximum atomic E-state index is 12.1. The van der Waals surface area contributed by atoms with E-state index in [1.54, 1.807) is 0 Å². The smallest absolute Gasteiger partial charge is 0.225 e. The van der Waals surface area contributed by atoms with Gasteiger partial charge in [0.05, 0.1) is 11.4 Å². The lowest BCUT2D eigenvalue weighted by Crippen LogP contribution is -2.33. The maximum Gasteiger partial charge on any atom is 0.225 e. The lowest BCUT2D eigenvalue weighted by atomic mass is 10.1. The van der Waals surface area contributed by atoms with Crippen molar-refractivity contribution in [2.75, 3.05) is 11.9 Å². The number of amides is 1. The molecule has 2 aliphatic rings. The highest BCUT2D eigenvalue weighted by Crippen LogP contribution is 2.39. The summed E-state index contributed by atoms with van der Waals surface area (Å²) < 4.78 is 0. The molecular formula is C17H22N4OS. The number of nitrogens with zero attached hydrogens (tertiary/aromatic N) is 3. The van der Waals surface area contributed by atoms with Gasteiger partial charge in [-0.2, -0.15) is 0 Å². The predicted octanol–water partition coefficient (Wildman–Crippen LogP) is 2.91. The Kier molecular flexibility index (Phi) is 3.52. The van der Waals surface area contributed by atoms with Crippen LogP contribution in [0.3, 0.4) is 0 Å². The van der Waals surface area contributed by atoms with Gasteiger partial charge in [-0.05, 0) is 45.6 Å². The largest absolute Gasteiger partial charge is 0.364 e. The lowest BCUT2D eigenvalue weighted by molar-refractivity contribution is -0.129. The van der Waals surface area contributed by atoms with Crippen molar-refractivity contribution in [3.63, 3.8) is 0 Å². The Morgan fingerprint density at radius 2 is 2.13 bits per heavy atom. The number of aryl methyl sites for hydroxylation is 3. The van der Waals surface area contributed by atoms with Gasteiger partial charge in [0.15, 0.2) is 0 Å². The van der Waals surface area contributed by atoms with Gasteiger partial charge in [0.2, 0.25) is 5.91 Å². The number of carbonyl (C=O) groups excluding carboxylic acids is 1. The summed E-state index contributed by atoms with van der Waals surface area (Å²) in [6.07, 6.45) is 4.07. The zero-order valence-electron chi connectivity index (χ0n) is 13.8. The molecule has 1 aliphatic heterocycles. The number of hydrogen-bond acceptors (Lipinski definition) is 5. The van der Waals surface area contributed by atoms with Crippen LogP contribution in [0.1, 0.15) is 43.0 Å². The first-order valence-electron chi connectivity index (χ1n) is 8.38. The number of nitrogens with one attached hydrogen (secondary N) is 1. The molecule has 3 heterocycles. The van der Waals surface area contributed by atoms with Gasteiger partial charge >= 0.3 is 0 Å². The van der Waals surface area contributed by atoms with Gasteiger partial charge in [0, 0.05) is 23.9 Å². The van der Waals surface area contributed by atoms with E-state index in [1.165, 1.54) is 22.2 Å². The van der Waals surface area contributed by atoms with E-state index in [-0.39, 0.29) is 18.0 Å². The van der Waals surface area contributed by atoms with E-state index >= 15 is 0 Å². The van der Waals surface area contributed by atoms with Gasteiger partial charge in [-0.25, -0.2) is 9.97 Å². The van der Waals surface area contributed by atoms with Crippen LogP contribution in [0.15, 0.2) is 0 Å². The van der Waals surface area contributed by atoms with E-state index in [0.717, 1.165) is 35.9 Å². The van der Waals surface area contributed by atoms with Crippen LogP contribution in [0.4, 0.5) is 5.82 Å². The second-order valence-electron chi connectivity index (χ2n) is 6.84. The Morgan fingerprint density at radius 1 is 1.30 bits per heavy atom. The number of fused-ring (bicyclic) bond motifs is 3. The topological polar surface area (TPSA) is 58.1 Å². The van der Waals surface area contributed by atoms with Gasteiger partial charge in [0.25, 0.3) is 0 Å². The van der Waals surface area contributed by atoms with Gasteiger partial charge in [-0.1, -0.05) is 0 Å². The average Bonchev–Trinajstić information content (AvgIpc) is 3.12. The van der Waals surface area contributed by atoms with Crippen LogP contribution in [0, 0.1) is 6.92 Å². The Bertz CT molecular complexity index is 782. The molecule has 0 bridgehead atoms. The van der Waals surface area contributed by atoms with E-state index in [1.807, 2.05) is 23.2 Å². The molecule has 2 aromatic heterocycles. The standard InChI is InChI=1S/C17H22N4OS/c1-9(2)21-8-11(7-14(21)22)20-16-15-12-5-4-6-13(12)23-17(15)19-10(3)18-16/h9,11H,4-8H2,1-3H3,(H,18,19,20)/t11-/m0/s1. The molecule has 0 aromatic carbocycles. The summed E-state index contributed by atoms with van der Waals surface area (Å²) in [6, 6.07) is 0.395. The average molecular weight is 330 g/mol. The molecular weight excluding hydrogens is 308 g/mol. The molecule has 0 saturated carbocycles. The quantitative estimate of drug-likeness (QED) is 0.940. The highest BCUT2D eigenvalue weighted by atomic mass is 32.1. The van der Waals surface area contributed by atoms with Gasteiger partial charge < -0.3 is 10.2 Å². The fourth-order valence-electron chi connectivity index (χ4n) is 3.73. The Labute approximate surface area is 140 Å². The zero-order valence-corrected chi connectivity index (χ0v) is 14.7. The van der Waals surface area contributed by atoms with Crippen LogP contribution < -0.4 is 5.32 Å². The van der Waals surface area contributed by atoms with E-state index < -0.39 is 0 Å². The van der Waals surface area contributed by atoms with E-state index in [4.69, 9.17) is 0 Å². The van der Waals surface area contributed by atoms with Crippen molar-refractivity contribution in [2.45, 2.75) is 58.5 Å². The van der Waals surface area contributed by atoms with Crippen molar-refractivity contribution in [1.29, 1.82) is 0 Å². The molecule has 1 fully saturated rings. The molecule has 5 nitrogen and oxygen atoms in total. The van der Waals surface area contributed by atoms with Crippen LogP contribution in [-0.2, 0) is 17.6 Å². The minimum atomic E-state index is 0.138. The molecule has 0 unspecified atom stereocenters.